The van der Waals surface area contributed by atoms with Gasteiger partial charge in [0.05, 0.1) is 0 Å². The SMILES string of the molecule is C=C1CCCCC1c1cccc(C)c1. The van der Waals surface area contributed by atoms with E-state index in [4.69, 9.17) is 0 Å². The second-order valence-corrected chi connectivity index (χ2v) is 4.37. The minimum absolute atomic E-state index is 0.628. The predicted molar refractivity (Wildman–Crippen MR) is 61.5 cm³/mol. The van der Waals surface area contributed by atoms with Gasteiger partial charge in [0.2, 0.25) is 0 Å². The first kappa shape index (κ1) is 9.51. The van der Waals surface area contributed by atoms with Gasteiger partial charge in [0.15, 0.2) is 0 Å². The maximum atomic E-state index is 4.20. The van der Waals surface area contributed by atoms with Crippen molar-refractivity contribution in [3.8, 4) is 0 Å². The Hall–Kier alpha value is -1.04. The number of hydrogen-bond donors (Lipinski definition) is 0. The monoisotopic (exact) mass is 186 g/mol. The van der Waals surface area contributed by atoms with Crippen molar-refractivity contribution in [2.45, 2.75) is 38.5 Å². The summed E-state index contributed by atoms with van der Waals surface area (Å²) < 4.78 is 0. The molecule has 74 valence electrons. The summed E-state index contributed by atoms with van der Waals surface area (Å²) in [6.07, 6.45) is 5.21. The summed E-state index contributed by atoms with van der Waals surface area (Å²) in [5.41, 5.74) is 4.26. The predicted octanol–water partition coefficient (Wildman–Crippen LogP) is 4.21. The standard InChI is InChI=1S/C14H18/c1-11-6-5-8-13(10-11)14-9-4-3-7-12(14)2/h5-6,8,10,14H,2-4,7,9H2,1H3. The van der Waals surface area contributed by atoms with E-state index in [1.54, 1.807) is 0 Å². The lowest BCUT2D eigenvalue weighted by Crippen LogP contribution is -2.07. The smallest absolute Gasteiger partial charge is 0.00455 e. The van der Waals surface area contributed by atoms with Gasteiger partial charge in [0, 0.05) is 5.92 Å². The Kier molecular flexibility index (Phi) is 2.72. The van der Waals surface area contributed by atoms with Gasteiger partial charge in [0.25, 0.3) is 0 Å². The van der Waals surface area contributed by atoms with Gasteiger partial charge in [-0.3, -0.25) is 0 Å². The fourth-order valence-corrected chi connectivity index (χ4v) is 2.37. The summed E-state index contributed by atoms with van der Waals surface area (Å²) in [5.74, 6) is 0.628. The molecule has 1 aliphatic carbocycles. The van der Waals surface area contributed by atoms with E-state index in [0.717, 1.165) is 0 Å². The van der Waals surface area contributed by atoms with E-state index in [0.29, 0.717) is 5.92 Å². The summed E-state index contributed by atoms with van der Waals surface area (Å²) in [6.45, 7) is 6.36. The largest absolute Gasteiger partial charge is 0.0992 e. The van der Waals surface area contributed by atoms with Gasteiger partial charge in [-0.15, -0.1) is 0 Å². The van der Waals surface area contributed by atoms with Crippen LogP contribution in [-0.2, 0) is 0 Å². The molecule has 0 bridgehead atoms. The molecule has 0 saturated heterocycles. The van der Waals surface area contributed by atoms with Crippen molar-refractivity contribution >= 4 is 0 Å². The first-order valence-electron chi connectivity index (χ1n) is 5.51. The molecule has 0 heteroatoms. The van der Waals surface area contributed by atoms with Crippen LogP contribution in [0.2, 0.25) is 0 Å². The van der Waals surface area contributed by atoms with Crippen LogP contribution in [0, 0.1) is 6.92 Å². The minimum Gasteiger partial charge on any atom is -0.0992 e. The minimum atomic E-state index is 0.628. The lowest BCUT2D eigenvalue weighted by molar-refractivity contribution is 0.542. The van der Waals surface area contributed by atoms with Crippen LogP contribution < -0.4 is 0 Å². The number of benzene rings is 1. The Balaban J connectivity index is 2.24. The second kappa shape index (κ2) is 4.00. The molecule has 1 aromatic carbocycles. The van der Waals surface area contributed by atoms with E-state index >= 15 is 0 Å². The molecule has 0 spiro atoms. The van der Waals surface area contributed by atoms with Crippen molar-refractivity contribution in [3.05, 3.63) is 47.5 Å². The van der Waals surface area contributed by atoms with Gasteiger partial charge in [-0.25, -0.2) is 0 Å². The maximum Gasteiger partial charge on any atom is 0.00455 e. The molecule has 0 radical (unpaired) electrons. The van der Waals surface area contributed by atoms with Crippen molar-refractivity contribution in [2.24, 2.45) is 0 Å². The van der Waals surface area contributed by atoms with Crippen LogP contribution in [0.5, 0.6) is 0 Å². The molecule has 0 heterocycles. The van der Waals surface area contributed by atoms with Gasteiger partial charge in [-0.05, 0) is 31.7 Å². The van der Waals surface area contributed by atoms with Crippen molar-refractivity contribution in [3.63, 3.8) is 0 Å². The first-order chi connectivity index (χ1) is 6.77. The number of aryl methyl sites for hydroxylation is 1. The van der Waals surface area contributed by atoms with Crippen LogP contribution in [0.1, 0.15) is 42.7 Å². The average Bonchev–Trinajstić information content (AvgIpc) is 2.18. The maximum absolute atomic E-state index is 4.20. The zero-order valence-electron chi connectivity index (χ0n) is 8.92. The van der Waals surface area contributed by atoms with Crippen molar-refractivity contribution in [1.29, 1.82) is 0 Å². The molecule has 1 unspecified atom stereocenters. The Labute approximate surface area is 86.7 Å². The highest BCUT2D eigenvalue weighted by Crippen LogP contribution is 2.36. The van der Waals surface area contributed by atoms with E-state index in [1.165, 1.54) is 42.4 Å². The lowest BCUT2D eigenvalue weighted by Gasteiger charge is -2.25. The van der Waals surface area contributed by atoms with Gasteiger partial charge < -0.3 is 0 Å². The van der Waals surface area contributed by atoms with Crippen molar-refractivity contribution < 1.29 is 0 Å². The Morgan fingerprint density at radius 3 is 2.86 bits per heavy atom. The molecule has 1 saturated carbocycles. The molecule has 1 fully saturated rings. The zero-order chi connectivity index (χ0) is 9.97. The molecule has 1 aliphatic rings. The Morgan fingerprint density at radius 1 is 1.29 bits per heavy atom. The molecule has 0 N–H and O–H groups in total. The van der Waals surface area contributed by atoms with Gasteiger partial charge in [0.1, 0.15) is 0 Å². The van der Waals surface area contributed by atoms with E-state index in [9.17, 15) is 0 Å². The summed E-state index contributed by atoms with van der Waals surface area (Å²) in [4.78, 5) is 0. The number of hydrogen-bond acceptors (Lipinski definition) is 0. The molecule has 0 amide bonds. The molecule has 0 aliphatic heterocycles. The van der Waals surface area contributed by atoms with Crippen molar-refractivity contribution in [2.75, 3.05) is 0 Å². The van der Waals surface area contributed by atoms with Crippen molar-refractivity contribution in [1.82, 2.24) is 0 Å². The summed E-state index contributed by atoms with van der Waals surface area (Å²) in [5, 5.41) is 0. The van der Waals surface area contributed by atoms with Crippen LogP contribution in [0.15, 0.2) is 36.4 Å². The molecule has 0 aromatic heterocycles. The topological polar surface area (TPSA) is 0 Å². The Bertz CT molecular complexity index is 336. The van der Waals surface area contributed by atoms with Crippen LogP contribution >= 0.6 is 0 Å². The molecule has 14 heavy (non-hydrogen) atoms. The third-order valence-corrected chi connectivity index (χ3v) is 3.18. The number of allylic oxidation sites excluding steroid dienone is 1. The molecule has 2 rings (SSSR count). The third-order valence-electron chi connectivity index (χ3n) is 3.18. The van der Waals surface area contributed by atoms with Gasteiger partial charge >= 0.3 is 0 Å². The molecular formula is C14H18. The summed E-state index contributed by atoms with van der Waals surface area (Å²) in [6, 6.07) is 8.87. The van der Waals surface area contributed by atoms with Gasteiger partial charge in [-0.2, -0.15) is 0 Å². The molecule has 1 atom stereocenters. The highest BCUT2D eigenvalue weighted by molar-refractivity contribution is 5.31. The summed E-state index contributed by atoms with van der Waals surface area (Å²) in [7, 11) is 0. The fourth-order valence-electron chi connectivity index (χ4n) is 2.37. The molecular weight excluding hydrogens is 168 g/mol. The van der Waals surface area contributed by atoms with Gasteiger partial charge in [-0.1, -0.05) is 48.4 Å². The van der Waals surface area contributed by atoms with Crippen LogP contribution in [0.4, 0.5) is 0 Å². The number of rotatable bonds is 1. The average molecular weight is 186 g/mol. The lowest BCUT2D eigenvalue weighted by atomic mass is 9.80. The highest BCUT2D eigenvalue weighted by Gasteiger charge is 2.18. The third kappa shape index (κ3) is 1.89. The van der Waals surface area contributed by atoms with Crippen LogP contribution in [-0.4, -0.2) is 0 Å². The summed E-state index contributed by atoms with van der Waals surface area (Å²) >= 11 is 0. The Morgan fingerprint density at radius 2 is 2.14 bits per heavy atom. The quantitative estimate of drug-likeness (QED) is 0.576. The van der Waals surface area contributed by atoms with E-state index in [2.05, 4.69) is 37.8 Å². The zero-order valence-corrected chi connectivity index (χ0v) is 8.92. The highest BCUT2D eigenvalue weighted by atomic mass is 14.2. The fraction of sp³-hybridized carbons (Fsp3) is 0.429. The van der Waals surface area contributed by atoms with E-state index in [1.807, 2.05) is 0 Å². The normalized spacial score (nSPS) is 22.4. The van der Waals surface area contributed by atoms with E-state index < -0.39 is 0 Å². The molecule has 1 aromatic rings. The van der Waals surface area contributed by atoms with Crippen LogP contribution in [0.25, 0.3) is 0 Å². The first-order valence-corrected chi connectivity index (χ1v) is 5.51. The van der Waals surface area contributed by atoms with Crippen LogP contribution in [0.3, 0.4) is 0 Å². The second-order valence-electron chi connectivity index (χ2n) is 4.37. The molecule has 0 nitrogen and oxygen atoms in total. The van der Waals surface area contributed by atoms with E-state index in [-0.39, 0.29) is 0 Å².